The number of carbonyl (C=O) groups excluding carboxylic acids is 5. The largest absolute Gasteiger partial charge is 0.466 e. The van der Waals surface area contributed by atoms with Crippen molar-refractivity contribution in [2.24, 2.45) is 0 Å². The molecule has 0 unspecified atom stereocenters. The van der Waals surface area contributed by atoms with E-state index in [1.165, 1.54) is 18.4 Å². The molecule has 3 aromatic carbocycles. The molecule has 0 spiro atoms. The van der Waals surface area contributed by atoms with Crippen LogP contribution in [0.4, 0.5) is 10.7 Å². The molecule has 1 aromatic heterocycles. The van der Waals surface area contributed by atoms with E-state index in [4.69, 9.17) is 9.47 Å². The molecule has 0 radical (unpaired) electrons. The first kappa shape index (κ1) is 43.8. The maximum atomic E-state index is 13.9. The van der Waals surface area contributed by atoms with E-state index in [1.807, 2.05) is 61.5 Å². The molecule has 5 rings (SSSR count). The lowest BCUT2D eigenvalue weighted by Crippen LogP contribution is -2.41. The van der Waals surface area contributed by atoms with Gasteiger partial charge in [-0.1, -0.05) is 36.4 Å². The second kappa shape index (κ2) is 21.4. The zero-order chi connectivity index (χ0) is 41.6. The Morgan fingerprint density at radius 3 is 2.12 bits per heavy atom. The highest BCUT2D eigenvalue weighted by Gasteiger charge is 2.27. The molecular formula is C46H56N4O7S. The monoisotopic (exact) mass is 808 g/mol. The SMILES string of the molecule is CCOC(=O)CCC(=O)N(CC)CCN(Cc1cccc(C(=O)Nc2sc3c(c2C(=O)Nc2ccc(CCc4ccc(C(=O)OC)cc4)cc2)CCCC3)c1)C(C)C. The lowest BCUT2D eigenvalue weighted by atomic mass is 9.95. The number of esters is 2. The molecule has 308 valence electrons. The minimum absolute atomic E-state index is 0.0700. The topological polar surface area (TPSA) is 134 Å². The number of amides is 3. The number of fused-ring (bicyclic) bond motifs is 1. The Labute approximate surface area is 346 Å². The van der Waals surface area contributed by atoms with Gasteiger partial charge in [0.15, 0.2) is 0 Å². The van der Waals surface area contributed by atoms with Gasteiger partial charge in [-0.15, -0.1) is 11.3 Å². The average molecular weight is 809 g/mol. The first-order chi connectivity index (χ1) is 28.0. The number of thiophene rings is 1. The highest BCUT2D eigenvalue weighted by atomic mass is 32.1. The van der Waals surface area contributed by atoms with Crippen LogP contribution in [0.25, 0.3) is 0 Å². The molecule has 0 aliphatic heterocycles. The summed E-state index contributed by atoms with van der Waals surface area (Å²) in [5.74, 6) is -1.32. The summed E-state index contributed by atoms with van der Waals surface area (Å²) in [5.41, 5.74) is 6.44. The van der Waals surface area contributed by atoms with Crippen LogP contribution in [0.1, 0.15) is 112 Å². The minimum atomic E-state index is -0.365. The van der Waals surface area contributed by atoms with Gasteiger partial charge in [0.25, 0.3) is 11.8 Å². The van der Waals surface area contributed by atoms with Crippen LogP contribution < -0.4 is 10.6 Å². The third kappa shape index (κ3) is 12.1. The summed E-state index contributed by atoms with van der Waals surface area (Å²) in [5, 5.41) is 6.74. The van der Waals surface area contributed by atoms with Gasteiger partial charge in [-0.2, -0.15) is 0 Å². The standard InChI is InChI=1S/C46H56N4O7S/c1-6-49(40(51)25-26-41(52)57-7-2)27-28-50(31(3)4)30-34-11-10-12-36(29-34)43(53)48-45-42(38-13-8-9-14-39(38)58-45)44(54)47-37-23-19-33(20-24-37)16-15-32-17-21-35(22-18-32)46(55)56-5/h10-12,17-24,29,31H,6-9,13-16,25-28,30H2,1-5H3,(H,47,54)(H,48,53). The van der Waals surface area contributed by atoms with Gasteiger partial charge in [0.1, 0.15) is 5.00 Å². The van der Waals surface area contributed by atoms with Crippen molar-refractivity contribution in [3.05, 3.63) is 117 Å². The number of aryl methyl sites for hydroxylation is 3. The number of carbonyl (C=O) groups is 5. The molecule has 12 heteroatoms. The van der Waals surface area contributed by atoms with E-state index in [9.17, 15) is 24.0 Å². The maximum absolute atomic E-state index is 13.9. The number of hydrogen-bond acceptors (Lipinski definition) is 9. The number of ether oxygens (including phenoxy) is 2. The van der Waals surface area contributed by atoms with Crippen molar-refractivity contribution in [2.75, 3.05) is 44.0 Å². The molecule has 4 aromatic rings. The van der Waals surface area contributed by atoms with Crippen molar-refractivity contribution in [1.82, 2.24) is 9.80 Å². The van der Waals surface area contributed by atoms with Gasteiger partial charge >= 0.3 is 11.9 Å². The fourth-order valence-corrected chi connectivity index (χ4v) is 8.39. The number of anilines is 2. The number of benzene rings is 3. The summed E-state index contributed by atoms with van der Waals surface area (Å²) in [4.78, 5) is 69.3. The molecule has 1 heterocycles. The maximum Gasteiger partial charge on any atom is 0.337 e. The molecule has 0 saturated carbocycles. The number of likely N-dealkylation sites (N-methyl/N-ethyl adjacent to an activating group) is 1. The van der Waals surface area contributed by atoms with Gasteiger partial charge in [0.05, 0.1) is 31.3 Å². The number of rotatable bonds is 19. The van der Waals surface area contributed by atoms with Crippen LogP contribution in [-0.4, -0.2) is 78.9 Å². The second-order valence-corrected chi connectivity index (χ2v) is 15.9. The Morgan fingerprint density at radius 1 is 0.776 bits per heavy atom. The number of nitrogens with one attached hydrogen (secondary N) is 2. The normalized spacial score (nSPS) is 12.2. The van der Waals surface area contributed by atoms with Crippen LogP contribution in [0.2, 0.25) is 0 Å². The summed E-state index contributed by atoms with van der Waals surface area (Å²) in [7, 11) is 1.37. The Bertz CT molecular complexity index is 2040. The van der Waals surface area contributed by atoms with Gasteiger partial charge in [-0.05, 0) is 125 Å². The van der Waals surface area contributed by atoms with Crippen LogP contribution in [0.3, 0.4) is 0 Å². The predicted molar refractivity (Wildman–Crippen MR) is 229 cm³/mol. The quantitative estimate of drug-likeness (QED) is 0.0909. The summed E-state index contributed by atoms with van der Waals surface area (Å²) in [6.07, 6.45) is 5.50. The van der Waals surface area contributed by atoms with E-state index in [2.05, 4.69) is 29.4 Å². The van der Waals surface area contributed by atoms with Gasteiger partial charge < -0.3 is 25.0 Å². The van der Waals surface area contributed by atoms with Crippen LogP contribution in [0.15, 0.2) is 72.8 Å². The van der Waals surface area contributed by atoms with Crippen LogP contribution in [0.5, 0.6) is 0 Å². The fourth-order valence-electron chi connectivity index (χ4n) is 7.11. The average Bonchev–Trinajstić information content (AvgIpc) is 3.60. The number of methoxy groups -OCH3 is 1. The van der Waals surface area contributed by atoms with E-state index < -0.39 is 0 Å². The third-order valence-corrected chi connectivity index (χ3v) is 11.7. The van der Waals surface area contributed by atoms with Crippen molar-refractivity contribution in [2.45, 2.75) is 91.6 Å². The van der Waals surface area contributed by atoms with E-state index in [-0.39, 0.29) is 48.5 Å². The summed E-state index contributed by atoms with van der Waals surface area (Å²) < 4.78 is 9.76. The lowest BCUT2D eigenvalue weighted by molar-refractivity contribution is -0.145. The molecule has 0 bridgehead atoms. The van der Waals surface area contributed by atoms with Gasteiger partial charge in [0.2, 0.25) is 5.91 Å². The van der Waals surface area contributed by atoms with Crippen molar-refractivity contribution in [3.63, 3.8) is 0 Å². The Kier molecular flexibility index (Phi) is 16.2. The minimum Gasteiger partial charge on any atom is -0.466 e. The van der Waals surface area contributed by atoms with Crippen molar-refractivity contribution < 1.29 is 33.4 Å². The van der Waals surface area contributed by atoms with Crippen LogP contribution in [-0.2, 0) is 51.3 Å². The van der Waals surface area contributed by atoms with E-state index in [0.717, 1.165) is 65.7 Å². The number of nitrogens with zero attached hydrogens (tertiary/aromatic N) is 2. The van der Waals surface area contributed by atoms with Gasteiger partial charge in [0, 0.05) is 54.8 Å². The second-order valence-electron chi connectivity index (χ2n) is 14.8. The van der Waals surface area contributed by atoms with Gasteiger partial charge in [-0.3, -0.25) is 24.1 Å². The van der Waals surface area contributed by atoms with Crippen molar-refractivity contribution in [1.29, 1.82) is 0 Å². The Balaban J connectivity index is 1.21. The molecule has 58 heavy (non-hydrogen) atoms. The van der Waals surface area contributed by atoms with Crippen molar-refractivity contribution >= 4 is 51.7 Å². The highest BCUT2D eigenvalue weighted by molar-refractivity contribution is 7.17. The fraction of sp³-hybridized carbons (Fsp3) is 0.413. The zero-order valence-corrected chi connectivity index (χ0v) is 35.2. The van der Waals surface area contributed by atoms with Crippen LogP contribution >= 0.6 is 11.3 Å². The molecule has 11 nitrogen and oxygen atoms in total. The van der Waals surface area contributed by atoms with Gasteiger partial charge in [-0.25, -0.2) is 4.79 Å². The van der Waals surface area contributed by atoms with Crippen molar-refractivity contribution in [3.8, 4) is 0 Å². The number of hydrogen-bond donors (Lipinski definition) is 2. The highest BCUT2D eigenvalue weighted by Crippen LogP contribution is 2.39. The van der Waals surface area contributed by atoms with E-state index in [0.29, 0.717) is 60.2 Å². The summed E-state index contributed by atoms with van der Waals surface area (Å²) in [6, 6.07) is 22.9. The van der Waals surface area contributed by atoms with Crippen LogP contribution in [0, 0.1) is 0 Å². The third-order valence-electron chi connectivity index (χ3n) is 10.5. The molecule has 0 fully saturated rings. The molecule has 2 N–H and O–H groups in total. The molecule has 1 aliphatic carbocycles. The molecule has 1 aliphatic rings. The first-order valence-corrected chi connectivity index (χ1v) is 21.1. The smallest absolute Gasteiger partial charge is 0.337 e. The summed E-state index contributed by atoms with van der Waals surface area (Å²) in [6.45, 7) is 10.4. The molecular weight excluding hydrogens is 753 g/mol. The zero-order valence-electron chi connectivity index (χ0n) is 34.4. The van der Waals surface area contributed by atoms with E-state index >= 15 is 0 Å². The molecule has 0 atom stereocenters. The Morgan fingerprint density at radius 2 is 1.47 bits per heavy atom. The molecule has 3 amide bonds. The first-order valence-electron chi connectivity index (χ1n) is 20.3. The molecule has 0 saturated heterocycles. The lowest BCUT2D eigenvalue weighted by Gasteiger charge is -2.30. The predicted octanol–water partition coefficient (Wildman–Crippen LogP) is 8.11. The Hall–Kier alpha value is -5.33. The summed E-state index contributed by atoms with van der Waals surface area (Å²) >= 11 is 1.49. The van der Waals surface area contributed by atoms with E-state index in [1.54, 1.807) is 30.0 Å².